The first-order chi connectivity index (χ1) is 34.1. The van der Waals surface area contributed by atoms with E-state index in [9.17, 15) is 44.1 Å². The van der Waals surface area contributed by atoms with Crippen molar-refractivity contribution in [2.45, 2.75) is 194 Å². The van der Waals surface area contributed by atoms with Crippen LogP contribution in [0.2, 0.25) is 0 Å². The number of likely N-dealkylation sites (N-methyl/N-ethyl adjacent to an activating group) is 3. The normalized spacial score (nSPS) is 11.6. The van der Waals surface area contributed by atoms with Crippen LogP contribution in [0.1, 0.15) is 194 Å². The highest BCUT2D eigenvalue weighted by Crippen LogP contribution is 2.11. The Morgan fingerprint density at radius 2 is 0.667 bits per heavy atom. The molecule has 0 rings (SSSR count). The van der Waals surface area contributed by atoms with E-state index in [0.717, 1.165) is 70.6 Å². The molecule has 0 bridgehead atoms. The van der Waals surface area contributed by atoms with Gasteiger partial charge in [-0.15, -0.1) is 6.58 Å². The molecule has 3 amide bonds. The predicted molar refractivity (Wildman–Crippen MR) is 289 cm³/mol. The van der Waals surface area contributed by atoms with E-state index < -0.39 is 17.9 Å². The van der Waals surface area contributed by atoms with Gasteiger partial charge in [-0.2, -0.15) is 0 Å². The average Bonchev–Trinajstić information content (AvgIpc) is 3.28. The molecule has 72 heavy (non-hydrogen) atoms. The average molecular weight is 1020 g/mol. The first-order valence-corrected chi connectivity index (χ1v) is 27.9. The SMILES string of the molecule is C=CCCCCCCCC(=O)NCCC[N+](C)(C)CC(=O)[O-].CC/C=C/CCCCCCCC(=O)NCCC[N+](C)(C)CC(=O)[O-].CCCC/C=C/CCCCCCCC(=O)NCCC[N+](C)(C)CC(=O)[O-]. The highest BCUT2D eigenvalue weighted by molar-refractivity contribution is 5.76. The maximum Gasteiger partial charge on any atom is 0.219 e. The number of unbranched alkanes of at least 4 members (excludes halogenated alkanes) is 17. The summed E-state index contributed by atoms with van der Waals surface area (Å²) in [5.74, 6) is -2.81. The molecule has 0 aliphatic rings. The Hall–Kier alpha value is -4.08. The van der Waals surface area contributed by atoms with E-state index in [4.69, 9.17) is 0 Å². The van der Waals surface area contributed by atoms with Crippen molar-refractivity contribution in [3.05, 3.63) is 37.0 Å². The molecule has 0 aliphatic carbocycles. The summed E-state index contributed by atoms with van der Waals surface area (Å²) in [4.78, 5) is 67.0. The van der Waals surface area contributed by atoms with E-state index in [1.165, 1.54) is 89.9 Å². The van der Waals surface area contributed by atoms with Crippen LogP contribution in [0.3, 0.4) is 0 Å². The largest absolute Gasteiger partial charge is 0.544 e. The lowest BCUT2D eigenvalue weighted by Gasteiger charge is -2.30. The van der Waals surface area contributed by atoms with Crippen molar-refractivity contribution in [3.8, 4) is 0 Å². The van der Waals surface area contributed by atoms with Crippen LogP contribution in [0, 0.1) is 0 Å². The third-order valence-electron chi connectivity index (χ3n) is 12.1. The maximum absolute atomic E-state index is 11.8. The number of carbonyl (C=O) groups excluding carboxylic acids is 6. The van der Waals surface area contributed by atoms with Crippen molar-refractivity contribution in [3.63, 3.8) is 0 Å². The van der Waals surface area contributed by atoms with Crippen LogP contribution in [-0.4, -0.2) is 150 Å². The van der Waals surface area contributed by atoms with Gasteiger partial charge in [-0.25, -0.2) is 0 Å². The Morgan fingerprint density at radius 1 is 0.389 bits per heavy atom. The number of allylic oxidation sites excluding steroid dienone is 5. The monoisotopic (exact) mass is 1020 g/mol. The van der Waals surface area contributed by atoms with Crippen molar-refractivity contribution in [2.24, 2.45) is 0 Å². The summed E-state index contributed by atoms with van der Waals surface area (Å²) < 4.78 is 1.14. The zero-order valence-electron chi connectivity index (χ0n) is 47.3. The first kappa shape index (κ1) is 72.2. The van der Waals surface area contributed by atoms with Gasteiger partial charge in [0.05, 0.1) is 79.8 Å². The number of carboxylic acids is 3. The Balaban J connectivity index is -0.000000995. The number of carboxylic acid groups (broad SMARTS) is 3. The molecule has 0 unspecified atom stereocenters. The zero-order valence-corrected chi connectivity index (χ0v) is 47.3. The molecule has 0 aliphatic heterocycles. The maximum atomic E-state index is 11.8. The molecule has 0 spiro atoms. The van der Waals surface area contributed by atoms with E-state index in [2.05, 4.69) is 60.7 Å². The lowest BCUT2D eigenvalue weighted by Crippen LogP contribution is -2.49. The van der Waals surface area contributed by atoms with Crippen LogP contribution >= 0.6 is 0 Å². The predicted octanol–water partition coefficient (Wildman–Crippen LogP) is 6.05. The minimum absolute atomic E-state index is 0.000198. The molecular weight excluding hydrogens is 913 g/mol. The minimum atomic E-state index is -1.04. The van der Waals surface area contributed by atoms with E-state index in [0.29, 0.717) is 72.0 Å². The van der Waals surface area contributed by atoms with Gasteiger partial charge in [0.25, 0.3) is 0 Å². The summed E-state index contributed by atoms with van der Waals surface area (Å²) in [6.45, 7) is 12.0. The Bertz CT molecular complexity index is 1460. The number of nitrogens with one attached hydrogen (secondary N) is 3. The molecule has 0 saturated carbocycles. The molecular formula is C57H108N6O9. The van der Waals surface area contributed by atoms with Crippen LogP contribution in [0.15, 0.2) is 37.0 Å². The molecule has 0 fully saturated rings. The van der Waals surface area contributed by atoms with Crippen LogP contribution in [0.25, 0.3) is 0 Å². The molecule has 15 nitrogen and oxygen atoms in total. The summed E-state index contributed by atoms with van der Waals surface area (Å²) in [5.41, 5.74) is 0. The molecule has 0 saturated heterocycles. The summed E-state index contributed by atoms with van der Waals surface area (Å²) >= 11 is 0. The number of carbonyl (C=O) groups is 6. The second kappa shape index (κ2) is 49.1. The smallest absolute Gasteiger partial charge is 0.219 e. The molecule has 3 N–H and O–H groups in total. The van der Waals surface area contributed by atoms with Crippen molar-refractivity contribution < 1.29 is 57.5 Å². The topological polar surface area (TPSA) is 208 Å². The van der Waals surface area contributed by atoms with Gasteiger partial charge in [0, 0.05) is 58.2 Å². The summed E-state index contributed by atoms with van der Waals surface area (Å²) in [6, 6.07) is 0. The summed E-state index contributed by atoms with van der Waals surface area (Å²) in [7, 11) is 11.1. The van der Waals surface area contributed by atoms with Crippen molar-refractivity contribution in [2.75, 3.05) is 101 Å². The van der Waals surface area contributed by atoms with E-state index in [1.807, 2.05) is 48.4 Å². The van der Waals surface area contributed by atoms with E-state index >= 15 is 0 Å². The van der Waals surface area contributed by atoms with Crippen LogP contribution in [-0.2, 0) is 28.8 Å². The number of amides is 3. The highest BCUT2D eigenvalue weighted by atomic mass is 16.4. The minimum Gasteiger partial charge on any atom is -0.544 e. The third-order valence-corrected chi connectivity index (χ3v) is 12.1. The fourth-order valence-corrected chi connectivity index (χ4v) is 7.86. The first-order valence-electron chi connectivity index (χ1n) is 27.9. The fraction of sp³-hybridized carbons (Fsp3) is 0.789. The Kier molecular flexibility index (Phi) is 49.3. The molecule has 15 heteroatoms. The van der Waals surface area contributed by atoms with Crippen molar-refractivity contribution >= 4 is 35.6 Å². The standard InChI is InChI=1S/C21H40N2O3.C19H36N2O3.C17H32N2O3/c1-4-5-6-7-8-9-10-11-12-13-14-16-20(24)22-17-15-18-23(2,3)19-21(25)26;1-4-5-6-7-8-9-10-11-12-14-18(22)20-15-13-16-21(2,3)17-19(23)24;1-4-5-6-7-8-9-10-12-16(20)18-13-11-14-19(2,3)15-17(21)22/h7-8H,4-6,9-19H2,1-3H3,(H-,22,24,25,26);5-6H,4,7-17H2,1-3H3,(H-,20,22,23,24);4H,1,5-15H2,2-3H3,(H-,18,20,21,22)/b8-7+;6-5+;. The third kappa shape index (κ3) is 60.2. The number of hydrogen-bond acceptors (Lipinski definition) is 9. The molecule has 0 radical (unpaired) electrons. The number of aliphatic carboxylic acids is 3. The fourth-order valence-electron chi connectivity index (χ4n) is 7.86. The quantitative estimate of drug-likeness (QED) is 0.0368. The summed E-state index contributed by atoms with van der Waals surface area (Å²) in [5, 5.41) is 40.6. The lowest BCUT2D eigenvalue weighted by molar-refractivity contribution is -0.884. The highest BCUT2D eigenvalue weighted by Gasteiger charge is 2.17. The molecule has 0 aromatic rings. The van der Waals surface area contributed by atoms with Crippen LogP contribution in [0.5, 0.6) is 0 Å². The van der Waals surface area contributed by atoms with Crippen LogP contribution < -0.4 is 31.3 Å². The van der Waals surface area contributed by atoms with Crippen LogP contribution in [0.4, 0.5) is 0 Å². The van der Waals surface area contributed by atoms with Gasteiger partial charge in [0.2, 0.25) is 17.7 Å². The van der Waals surface area contributed by atoms with Gasteiger partial charge in [-0.05, 0) is 70.6 Å². The van der Waals surface area contributed by atoms with Gasteiger partial charge in [0.1, 0.15) is 19.6 Å². The van der Waals surface area contributed by atoms with Crippen molar-refractivity contribution in [1.82, 2.24) is 16.0 Å². The molecule has 0 aromatic carbocycles. The number of rotatable bonds is 46. The summed E-state index contributed by atoms with van der Waals surface area (Å²) in [6.07, 6.45) is 40.5. The molecule has 0 atom stereocenters. The Labute approximate surface area is 439 Å². The number of nitrogens with zero attached hydrogens (tertiary/aromatic N) is 3. The Morgan fingerprint density at radius 3 is 0.958 bits per heavy atom. The van der Waals surface area contributed by atoms with Gasteiger partial charge >= 0.3 is 0 Å². The van der Waals surface area contributed by atoms with Gasteiger partial charge in [-0.3, -0.25) is 14.4 Å². The molecule has 0 heterocycles. The second-order valence-electron chi connectivity index (χ2n) is 21.4. The number of quaternary nitrogens is 3. The second-order valence-corrected chi connectivity index (χ2v) is 21.4. The van der Waals surface area contributed by atoms with Gasteiger partial charge < -0.3 is 59.1 Å². The molecule has 0 aromatic heterocycles. The lowest BCUT2D eigenvalue weighted by atomic mass is 10.1. The van der Waals surface area contributed by atoms with Gasteiger partial charge in [0.15, 0.2) is 0 Å². The van der Waals surface area contributed by atoms with E-state index in [1.54, 1.807) is 0 Å². The zero-order chi connectivity index (χ0) is 54.8. The molecule has 420 valence electrons. The van der Waals surface area contributed by atoms with Crippen molar-refractivity contribution in [1.29, 1.82) is 0 Å². The van der Waals surface area contributed by atoms with E-state index in [-0.39, 0.29) is 37.4 Å². The number of hydrogen-bond donors (Lipinski definition) is 3. The van der Waals surface area contributed by atoms with Gasteiger partial charge in [-0.1, -0.05) is 115 Å².